The Labute approximate surface area is 122 Å². The molecule has 1 amide bonds. The topological polar surface area (TPSA) is 76.9 Å². The number of rotatable bonds is 4. The van der Waals surface area contributed by atoms with Crippen LogP contribution in [0.4, 0.5) is 13.2 Å². The van der Waals surface area contributed by atoms with Gasteiger partial charge in [0.25, 0.3) is 0 Å². The largest absolute Gasteiger partial charge is 0.412 e. The second-order valence-corrected chi connectivity index (χ2v) is 4.36. The maximum atomic E-state index is 13.1. The van der Waals surface area contributed by atoms with E-state index in [4.69, 9.17) is 0 Å². The van der Waals surface area contributed by atoms with Crippen LogP contribution in [0.15, 0.2) is 47.8 Å². The van der Waals surface area contributed by atoms with Crippen molar-refractivity contribution in [1.29, 1.82) is 0 Å². The van der Waals surface area contributed by atoms with E-state index in [1.54, 1.807) is 0 Å². The number of pyridine rings is 1. The fourth-order valence-corrected chi connectivity index (χ4v) is 1.77. The van der Waals surface area contributed by atoms with Gasteiger partial charge in [-0.05, 0) is 12.1 Å². The van der Waals surface area contributed by atoms with Gasteiger partial charge in [0.1, 0.15) is 6.54 Å². The Bertz CT molecular complexity index is 700. The molecule has 22 heavy (non-hydrogen) atoms. The van der Waals surface area contributed by atoms with Gasteiger partial charge in [-0.2, -0.15) is 13.2 Å². The second kappa shape index (κ2) is 6.37. The SMILES string of the molecule is O=C(Cn1cccnc1=O)N[C@@H](c1cccnc1)C(F)(F)F. The Morgan fingerprint density at radius 2 is 2.09 bits per heavy atom. The number of aromatic nitrogens is 3. The molecule has 9 heteroatoms. The van der Waals surface area contributed by atoms with Crippen LogP contribution >= 0.6 is 0 Å². The van der Waals surface area contributed by atoms with Gasteiger partial charge >= 0.3 is 11.9 Å². The summed E-state index contributed by atoms with van der Waals surface area (Å²) in [6.45, 7) is -0.556. The number of alkyl halides is 3. The van der Waals surface area contributed by atoms with E-state index >= 15 is 0 Å². The molecule has 1 N–H and O–H groups in total. The standard InChI is InChI=1S/C13H11F3N4O2/c14-13(15,16)11(9-3-1-4-17-7-9)19-10(21)8-20-6-2-5-18-12(20)22/h1-7,11H,8H2,(H,19,21)/t11-/m0/s1. The van der Waals surface area contributed by atoms with E-state index in [2.05, 4.69) is 9.97 Å². The van der Waals surface area contributed by atoms with Crippen molar-refractivity contribution in [1.82, 2.24) is 19.9 Å². The number of hydrogen-bond donors (Lipinski definition) is 1. The molecule has 0 bridgehead atoms. The summed E-state index contributed by atoms with van der Waals surface area (Å²) >= 11 is 0. The van der Waals surface area contributed by atoms with Gasteiger partial charge in [0.2, 0.25) is 5.91 Å². The Kier molecular flexibility index (Phi) is 4.54. The third-order valence-electron chi connectivity index (χ3n) is 2.75. The molecule has 0 unspecified atom stereocenters. The molecule has 116 valence electrons. The molecular formula is C13H11F3N4O2. The lowest BCUT2D eigenvalue weighted by atomic mass is 10.1. The first-order valence-electron chi connectivity index (χ1n) is 6.15. The molecule has 6 nitrogen and oxygen atoms in total. The predicted octanol–water partition coefficient (Wildman–Crippen LogP) is 1.06. The van der Waals surface area contributed by atoms with E-state index in [0.29, 0.717) is 0 Å². The van der Waals surface area contributed by atoms with Gasteiger partial charge < -0.3 is 5.32 Å². The van der Waals surface area contributed by atoms with Crippen LogP contribution in [0.25, 0.3) is 0 Å². The van der Waals surface area contributed by atoms with Gasteiger partial charge in [-0.15, -0.1) is 0 Å². The molecule has 1 atom stereocenters. The molecule has 0 aliphatic carbocycles. The summed E-state index contributed by atoms with van der Waals surface area (Å²) in [6, 6.07) is 1.76. The van der Waals surface area contributed by atoms with E-state index in [1.165, 1.54) is 36.8 Å². The molecule has 0 saturated heterocycles. The van der Waals surface area contributed by atoms with Crippen molar-refractivity contribution in [2.24, 2.45) is 0 Å². The van der Waals surface area contributed by atoms with Crippen LogP contribution in [0.5, 0.6) is 0 Å². The van der Waals surface area contributed by atoms with Crippen molar-refractivity contribution in [2.75, 3.05) is 0 Å². The average Bonchev–Trinajstić information content (AvgIpc) is 2.47. The van der Waals surface area contributed by atoms with Crippen LogP contribution in [0.3, 0.4) is 0 Å². The van der Waals surface area contributed by atoms with E-state index in [9.17, 15) is 22.8 Å². The van der Waals surface area contributed by atoms with Gasteiger partial charge in [0, 0.05) is 30.4 Å². The Hall–Kier alpha value is -2.71. The first-order chi connectivity index (χ1) is 10.4. The molecule has 0 spiro atoms. The van der Waals surface area contributed by atoms with Crippen LogP contribution in [-0.2, 0) is 11.3 Å². The van der Waals surface area contributed by atoms with Crippen molar-refractivity contribution >= 4 is 5.91 Å². The molecule has 2 aromatic heterocycles. The number of hydrogen-bond acceptors (Lipinski definition) is 4. The van der Waals surface area contributed by atoms with Gasteiger partial charge in [0.15, 0.2) is 6.04 Å². The minimum Gasteiger partial charge on any atom is -0.339 e. The Balaban J connectivity index is 2.16. The van der Waals surface area contributed by atoms with Gasteiger partial charge in [-0.3, -0.25) is 14.3 Å². The van der Waals surface area contributed by atoms with Crippen LogP contribution in [-0.4, -0.2) is 26.6 Å². The number of carbonyl (C=O) groups is 1. The number of amides is 1. The normalized spacial score (nSPS) is 12.7. The van der Waals surface area contributed by atoms with Crippen molar-refractivity contribution < 1.29 is 18.0 Å². The Morgan fingerprint density at radius 1 is 1.32 bits per heavy atom. The minimum atomic E-state index is -4.68. The third kappa shape index (κ3) is 3.90. The molecule has 2 aromatic rings. The second-order valence-electron chi connectivity index (χ2n) is 4.36. The van der Waals surface area contributed by atoms with E-state index in [0.717, 1.165) is 10.8 Å². The van der Waals surface area contributed by atoms with Gasteiger partial charge in [-0.25, -0.2) is 9.78 Å². The van der Waals surface area contributed by atoms with Crippen molar-refractivity contribution in [3.63, 3.8) is 0 Å². The molecule has 0 fully saturated rings. The highest BCUT2D eigenvalue weighted by atomic mass is 19.4. The van der Waals surface area contributed by atoms with Crippen LogP contribution in [0.2, 0.25) is 0 Å². The van der Waals surface area contributed by atoms with E-state index in [1.807, 2.05) is 5.32 Å². The first kappa shape index (κ1) is 15.7. The predicted molar refractivity (Wildman–Crippen MR) is 69.7 cm³/mol. The van der Waals surface area contributed by atoms with Gasteiger partial charge in [0.05, 0.1) is 0 Å². The zero-order valence-corrected chi connectivity index (χ0v) is 11.1. The third-order valence-corrected chi connectivity index (χ3v) is 2.75. The smallest absolute Gasteiger partial charge is 0.339 e. The summed E-state index contributed by atoms with van der Waals surface area (Å²) in [5.74, 6) is -0.957. The molecule has 2 rings (SSSR count). The van der Waals surface area contributed by atoms with Crippen LogP contribution < -0.4 is 11.0 Å². The first-order valence-corrected chi connectivity index (χ1v) is 6.15. The molecule has 2 heterocycles. The lowest BCUT2D eigenvalue weighted by Crippen LogP contribution is -2.41. The van der Waals surface area contributed by atoms with Crippen molar-refractivity contribution in [2.45, 2.75) is 18.8 Å². The highest BCUT2D eigenvalue weighted by Gasteiger charge is 2.42. The fraction of sp³-hybridized carbons (Fsp3) is 0.231. The lowest BCUT2D eigenvalue weighted by molar-refractivity contribution is -0.163. The number of nitrogens with zero attached hydrogens (tertiary/aromatic N) is 3. The minimum absolute atomic E-state index is 0.193. The monoisotopic (exact) mass is 312 g/mol. The number of carbonyl (C=O) groups excluding carboxylic acids is 1. The maximum Gasteiger partial charge on any atom is 0.412 e. The number of halogens is 3. The van der Waals surface area contributed by atoms with Gasteiger partial charge in [-0.1, -0.05) is 6.07 Å². The average molecular weight is 312 g/mol. The Morgan fingerprint density at radius 3 is 2.68 bits per heavy atom. The van der Waals surface area contributed by atoms with Crippen LogP contribution in [0, 0.1) is 0 Å². The van der Waals surface area contributed by atoms with E-state index in [-0.39, 0.29) is 5.56 Å². The van der Waals surface area contributed by atoms with Crippen LogP contribution in [0.1, 0.15) is 11.6 Å². The quantitative estimate of drug-likeness (QED) is 0.916. The maximum absolute atomic E-state index is 13.1. The zero-order chi connectivity index (χ0) is 16.2. The molecule has 0 radical (unpaired) electrons. The summed E-state index contributed by atoms with van der Waals surface area (Å²) in [5, 5.41) is 1.86. The van der Waals surface area contributed by atoms with E-state index < -0.39 is 30.4 Å². The highest BCUT2D eigenvalue weighted by Crippen LogP contribution is 2.32. The molecule has 0 aromatic carbocycles. The van der Waals surface area contributed by atoms with Crippen molar-refractivity contribution in [3.05, 3.63) is 59.0 Å². The molecule has 0 aliphatic heterocycles. The highest BCUT2D eigenvalue weighted by molar-refractivity contribution is 5.76. The lowest BCUT2D eigenvalue weighted by Gasteiger charge is -2.21. The molecule has 0 aliphatic rings. The summed E-state index contributed by atoms with van der Waals surface area (Å²) in [7, 11) is 0. The zero-order valence-electron chi connectivity index (χ0n) is 11.1. The summed E-state index contributed by atoms with van der Waals surface area (Å²) in [5.41, 5.74) is -0.913. The fourth-order valence-electron chi connectivity index (χ4n) is 1.77. The summed E-state index contributed by atoms with van der Waals surface area (Å²) in [6.07, 6.45) is 0.160. The molecule has 0 saturated carbocycles. The summed E-state index contributed by atoms with van der Waals surface area (Å²) in [4.78, 5) is 30.1. The number of nitrogens with one attached hydrogen (secondary N) is 1. The van der Waals surface area contributed by atoms with Crippen molar-refractivity contribution in [3.8, 4) is 0 Å². The molecular weight excluding hydrogens is 301 g/mol. The summed E-state index contributed by atoms with van der Waals surface area (Å²) < 4.78 is 40.1.